The SMILES string of the molecule is CC1(Oc2ccc(N)c(C(=N)c3cc(N4CCN(CCO)CC4)ncn3)c2)CC1. The fourth-order valence-corrected chi connectivity index (χ4v) is 3.51. The summed E-state index contributed by atoms with van der Waals surface area (Å²) in [7, 11) is 0. The molecule has 1 aliphatic heterocycles. The van der Waals surface area contributed by atoms with Crippen molar-refractivity contribution in [3.63, 3.8) is 0 Å². The van der Waals surface area contributed by atoms with Crippen LogP contribution in [0.3, 0.4) is 0 Å². The van der Waals surface area contributed by atoms with E-state index in [4.69, 9.17) is 21.0 Å². The van der Waals surface area contributed by atoms with E-state index in [1.807, 2.05) is 18.2 Å². The third-order valence-corrected chi connectivity index (χ3v) is 5.63. The van der Waals surface area contributed by atoms with Crippen molar-refractivity contribution in [2.75, 3.05) is 50.0 Å². The minimum atomic E-state index is -0.0875. The summed E-state index contributed by atoms with van der Waals surface area (Å²) in [4.78, 5) is 13.1. The monoisotopic (exact) mass is 396 g/mol. The zero-order valence-electron chi connectivity index (χ0n) is 16.8. The molecule has 0 amide bonds. The van der Waals surface area contributed by atoms with Gasteiger partial charge in [0.1, 0.15) is 23.5 Å². The Morgan fingerprint density at radius 1 is 1.21 bits per heavy atom. The van der Waals surface area contributed by atoms with E-state index in [1.165, 1.54) is 6.33 Å². The highest BCUT2D eigenvalue weighted by Crippen LogP contribution is 2.40. The first-order chi connectivity index (χ1) is 14.0. The summed E-state index contributed by atoms with van der Waals surface area (Å²) in [5.41, 5.74) is 8.01. The molecule has 8 nitrogen and oxygen atoms in total. The van der Waals surface area contributed by atoms with Gasteiger partial charge in [0.05, 0.1) is 18.0 Å². The number of aliphatic hydroxyl groups excluding tert-OH is 1. The number of nitrogen functional groups attached to an aromatic ring is 1. The number of hydrogen-bond acceptors (Lipinski definition) is 8. The number of hydrogen-bond donors (Lipinski definition) is 3. The highest BCUT2D eigenvalue weighted by Gasteiger charge is 2.40. The number of nitrogens with one attached hydrogen (secondary N) is 1. The predicted molar refractivity (Wildman–Crippen MR) is 113 cm³/mol. The second kappa shape index (κ2) is 7.96. The second-order valence-electron chi connectivity index (χ2n) is 7.99. The minimum Gasteiger partial charge on any atom is -0.488 e. The summed E-state index contributed by atoms with van der Waals surface area (Å²) < 4.78 is 6.03. The molecule has 2 fully saturated rings. The van der Waals surface area contributed by atoms with Gasteiger partial charge in [-0.25, -0.2) is 9.97 Å². The Kier molecular flexibility index (Phi) is 5.38. The van der Waals surface area contributed by atoms with Gasteiger partial charge in [-0.1, -0.05) is 0 Å². The Bertz CT molecular complexity index is 890. The Labute approximate surface area is 170 Å². The maximum absolute atomic E-state index is 9.10. The molecule has 2 aromatic rings. The molecule has 1 aromatic carbocycles. The first kappa shape index (κ1) is 19.6. The number of rotatable bonds is 7. The molecule has 0 bridgehead atoms. The van der Waals surface area contributed by atoms with Crippen molar-refractivity contribution in [2.24, 2.45) is 0 Å². The van der Waals surface area contributed by atoms with Crippen LogP contribution in [0, 0.1) is 5.41 Å². The summed E-state index contributed by atoms with van der Waals surface area (Å²) in [5, 5.41) is 17.8. The van der Waals surface area contributed by atoms with Gasteiger partial charge >= 0.3 is 0 Å². The van der Waals surface area contributed by atoms with Crippen LogP contribution in [0.15, 0.2) is 30.6 Å². The van der Waals surface area contributed by atoms with E-state index in [2.05, 4.69) is 26.7 Å². The van der Waals surface area contributed by atoms with Crippen molar-refractivity contribution in [3.8, 4) is 5.75 Å². The van der Waals surface area contributed by atoms with Gasteiger partial charge in [0, 0.05) is 50.0 Å². The fourth-order valence-electron chi connectivity index (χ4n) is 3.51. The maximum atomic E-state index is 9.10. The number of piperazine rings is 1. The molecule has 2 aliphatic rings. The molecule has 1 saturated heterocycles. The van der Waals surface area contributed by atoms with Crippen molar-refractivity contribution in [1.29, 1.82) is 5.41 Å². The summed E-state index contributed by atoms with van der Waals surface area (Å²) in [6.45, 7) is 6.38. The van der Waals surface area contributed by atoms with Crippen molar-refractivity contribution in [2.45, 2.75) is 25.4 Å². The van der Waals surface area contributed by atoms with Gasteiger partial charge < -0.3 is 20.5 Å². The van der Waals surface area contributed by atoms with Crippen molar-refractivity contribution in [3.05, 3.63) is 41.9 Å². The van der Waals surface area contributed by atoms with Crippen LogP contribution in [-0.2, 0) is 0 Å². The Morgan fingerprint density at radius 2 is 1.97 bits per heavy atom. The molecule has 154 valence electrons. The molecule has 0 unspecified atom stereocenters. The van der Waals surface area contributed by atoms with Crippen LogP contribution >= 0.6 is 0 Å². The van der Waals surface area contributed by atoms with E-state index < -0.39 is 0 Å². The molecule has 29 heavy (non-hydrogen) atoms. The lowest BCUT2D eigenvalue weighted by atomic mass is 10.0. The zero-order chi connectivity index (χ0) is 20.4. The van der Waals surface area contributed by atoms with Crippen LogP contribution in [0.4, 0.5) is 11.5 Å². The summed E-state index contributed by atoms with van der Waals surface area (Å²) in [5.74, 6) is 1.54. The van der Waals surface area contributed by atoms with Gasteiger partial charge in [-0.2, -0.15) is 0 Å². The van der Waals surface area contributed by atoms with E-state index in [-0.39, 0.29) is 17.9 Å². The lowest BCUT2D eigenvalue weighted by Gasteiger charge is -2.35. The van der Waals surface area contributed by atoms with Gasteiger partial charge in [0.25, 0.3) is 0 Å². The molecule has 1 saturated carbocycles. The first-order valence-electron chi connectivity index (χ1n) is 10.1. The van der Waals surface area contributed by atoms with Gasteiger partial charge in [-0.15, -0.1) is 0 Å². The summed E-state index contributed by atoms with van der Waals surface area (Å²) >= 11 is 0. The third-order valence-electron chi connectivity index (χ3n) is 5.63. The molecule has 4 rings (SSSR count). The summed E-state index contributed by atoms with van der Waals surface area (Å²) in [6, 6.07) is 7.32. The van der Waals surface area contributed by atoms with E-state index in [0.717, 1.165) is 50.6 Å². The molecule has 4 N–H and O–H groups in total. The van der Waals surface area contributed by atoms with Gasteiger partial charge in [-0.3, -0.25) is 10.3 Å². The van der Waals surface area contributed by atoms with E-state index >= 15 is 0 Å². The quantitative estimate of drug-likeness (QED) is 0.480. The molecule has 0 atom stereocenters. The second-order valence-corrected chi connectivity index (χ2v) is 7.99. The maximum Gasteiger partial charge on any atom is 0.132 e. The van der Waals surface area contributed by atoms with Gasteiger partial charge in [0.15, 0.2) is 0 Å². The Hall–Kier alpha value is -2.71. The number of nitrogens with two attached hydrogens (primary N) is 1. The molecule has 0 radical (unpaired) electrons. The van der Waals surface area contributed by atoms with E-state index in [1.54, 1.807) is 6.07 Å². The van der Waals surface area contributed by atoms with Crippen LogP contribution in [0.2, 0.25) is 0 Å². The topological polar surface area (TPSA) is 112 Å². The number of ether oxygens (including phenoxy) is 1. The average molecular weight is 396 g/mol. The van der Waals surface area contributed by atoms with E-state index in [9.17, 15) is 0 Å². The largest absolute Gasteiger partial charge is 0.488 e. The van der Waals surface area contributed by atoms with Crippen molar-refractivity contribution >= 4 is 17.2 Å². The highest BCUT2D eigenvalue weighted by molar-refractivity contribution is 6.13. The number of β-amino-alcohol motifs (C(OH)–C–C–N with tert-alkyl or cyclic N) is 1. The number of nitrogens with zero attached hydrogens (tertiary/aromatic N) is 4. The van der Waals surface area contributed by atoms with Crippen LogP contribution in [0.5, 0.6) is 5.75 Å². The Balaban J connectivity index is 1.51. The van der Waals surface area contributed by atoms with Crippen LogP contribution in [-0.4, -0.2) is 70.6 Å². The third kappa shape index (κ3) is 4.49. The fraction of sp³-hybridized carbons (Fsp3) is 0.476. The minimum absolute atomic E-state index is 0.0875. The lowest BCUT2D eigenvalue weighted by molar-refractivity contribution is 0.188. The van der Waals surface area contributed by atoms with Gasteiger partial charge in [-0.05, 0) is 38.0 Å². The van der Waals surface area contributed by atoms with Crippen molar-refractivity contribution < 1.29 is 9.84 Å². The molecular formula is C21H28N6O2. The first-order valence-corrected chi connectivity index (χ1v) is 10.1. The van der Waals surface area contributed by atoms with Crippen LogP contribution < -0.4 is 15.4 Å². The smallest absolute Gasteiger partial charge is 0.132 e. The van der Waals surface area contributed by atoms with Crippen LogP contribution in [0.25, 0.3) is 0 Å². The molecular weight excluding hydrogens is 368 g/mol. The zero-order valence-corrected chi connectivity index (χ0v) is 16.8. The molecule has 2 heterocycles. The summed E-state index contributed by atoms with van der Waals surface area (Å²) in [6.07, 6.45) is 3.59. The van der Waals surface area contributed by atoms with Crippen molar-refractivity contribution in [1.82, 2.24) is 14.9 Å². The average Bonchev–Trinajstić information content (AvgIpc) is 3.46. The number of aromatic nitrogens is 2. The Morgan fingerprint density at radius 3 is 2.66 bits per heavy atom. The standard InChI is InChI=1S/C21H28N6O2/c1-21(4-5-21)29-15-2-3-17(22)16(12-15)20(23)18-13-19(25-14-24-18)27-8-6-26(7-9-27)10-11-28/h2-3,12-14,23,28H,4-11,22H2,1H3. The normalized spacial score (nSPS) is 18.5. The molecule has 8 heteroatoms. The molecule has 1 aliphatic carbocycles. The number of benzene rings is 1. The molecule has 0 spiro atoms. The number of aliphatic hydroxyl groups is 1. The number of anilines is 2. The van der Waals surface area contributed by atoms with Crippen LogP contribution in [0.1, 0.15) is 31.0 Å². The van der Waals surface area contributed by atoms with Gasteiger partial charge in [0.2, 0.25) is 0 Å². The highest BCUT2D eigenvalue weighted by atomic mass is 16.5. The lowest BCUT2D eigenvalue weighted by Crippen LogP contribution is -2.47. The predicted octanol–water partition coefficient (Wildman–Crippen LogP) is 1.52. The van der Waals surface area contributed by atoms with E-state index in [0.29, 0.717) is 23.5 Å². The molecule has 1 aromatic heterocycles.